The third kappa shape index (κ3) is 5.15. The lowest BCUT2D eigenvalue weighted by Crippen LogP contribution is -2.57. The number of carbonyl (C=O) groups excluding carboxylic acids is 5. The Morgan fingerprint density at radius 1 is 0.870 bits per heavy atom. The smallest absolute Gasteiger partial charge is 0.327 e. The number of carbonyl (C=O) groups is 5. The normalized spacial score (nSPS) is 36.2. The molecule has 6 amide bonds. The quantitative estimate of drug-likeness (QED) is 0.451. The van der Waals surface area contributed by atoms with Crippen LogP contribution in [0.3, 0.4) is 0 Å². The summed E-state index contributed by atoms with van der Waals surface area (Å²) in [5, 5.41) is 2.74. The number of likely N-dealkylation sites (N-methyl/N-ethyl adjacent to an activating group) is 3. The van der Waals surface area contributed by atoms with Crippen molar-refractivity contribution in [2.45, 2.75) is 103 Å². The van der Waals surface area contributed by atoms with Crippen molar-refractivity contribution in [2.75, 3.05) is 27.7 Å². The Bertz CT molecular complexity index is 1290. The maximum atomic E-state index is 13.0. The lowest BCUT2D eigenvalue weighted by molar-refractivity contribution is -0.138. The van der Waals surface area contributed by atoms with E-state index in [9.17, 15) is 24.0 Å². The van der Waals surface area contributed by atoms with Gasteiger partial charge in [-0.2, -0.15) is 0 Å². The van der Waals surface area contributed by atoms with Gasteiger partial charge in [0.1, 0.15) is 11.1 Å². The molecule has 2 bridgehead atoms. The van der Waals surface area contributed by atoms with E-state index >= 15 is 0 Å². The van der Waals surface area contributed by atoms with Crippen LogP contribution < -0.4 is 5.32 Å². The lowest BCUT2D eigenvalue weighted by atomic mass is 9.66. The molecular weight excluding hydrogens is 588 g/mol. The van der Waals surface area contributed by atoms with E-state index in [-0.39, 0.29) is 47.0 Å². The van der Waals surface area contributed by atoms with Crippen molar-refractivity contribution in [1.29, 1.82) is 0 Å². The number of nitrogens with one attached hydrogen (secondary N) is 1. The van der Waals surface area contributed by atoms with Gasteiger partial charge in [0.05, 0.1) is 12.1 Å². The Balaban J connectivity index is 0.000000198. The van der Waals surface area contributed by atoms with Crippen molar-refractivity contribution in [3.05, 3.63) is 18.4 Å². The molecule has 1 radical (unpaired) electrons. The van der Waals surface area contributed by atoms with Gasteiger partial charge in [0.2, 0.25) is 0 Å². The zero-order valence-corrected chi connectivity index (χ0v) is 28.6. The molecule has 0 aromatic heterocycles. The molecule has 3 aliphatic heterocycles. The lowest BCUT2D eigenvalue weighted by Gasteiger charge is -2.45. The average Bonchev–Trinajstić information content (AvgIpc) is 3.78. The third-order valence-electron chi connectivity index (χ3n) is 12.6. The average molecular weight is 642 g/mol. The molecule has 46 heavy (non-hydrogen) atoms. The first kappa shape index (κ1) is 35.6. The Kier molecular flexibility index (Phi) is 10.1. The highest BCUT2D eigenvalue weighted by Crippen LogP contribution is 2.70. The molecule has 4 saturated carbocycles. The van der Waals surface area contributed by atoms with E-state index in [1.165, 1.54) is 48.1 Å². The van der Waals surface area contributed by atoms with Crippen LogP contribution in [0.15, 0.2) is 16.8 Å². The maximum Gasteiger partial charge on any atom is 0.327 e. The summed E-state index contributed by atoms with van der Waals surface area (Å²) in [6, 6.07) is -0.529. The molecule has 4 unspecified atom stereocenters. The van der Waals surface area contributed by atoms with Crippen LogP contribution in [0.5, 0.6) is 0 Å². The summed E-state index contributed by atoms with van der Waals surface area (Å²) in [7, 11) is 5.10. The molecule has 255 valence electrons. The van der Waals surface area contributed by atoms with Crippen LogP contribution in [0, 0.1) is 35.8 Å². The van der Waals surface area contributed by atoms with Gasteiger partial charge in [0.25, 0.3) is 11.8 Å². The SMILES string of the molecule is CC.CN1C(=O)N(C)C(C)(C23CC4[C@H](CC[C@H]4C2)C3)C1=O.CN1C(=O)N(CC(=O)C2=CN[CH]N=C2)C(=O)C1(C)C1CCCCC1.O. The number of nitrogens with zero attached hydrogens (tertiary/aromatic N) is 5. The standard InChI is InChI=1S/C17H23N4O3.C15H22N2O2.C2H6.H2O/c1-17(13-6-4-3-5-7-13)15(23)21(16(24)20(17)2)10-14(22)12-8-18-11-19-9-12;1-14(12(18)16(2)13(19)17(14)3)15-6-9-4-5-10(7-15)11(9)8-15;1-2;/h8-9,11,13,18H,3-7,10H2,1-2H3;9-11H,4-8H2,1-3H3;1-2H3;1H2/t;9-,10+,11?,14?,15?;;. The highest BCUT2D eigenvalue weighted by Gasteiger charge is 2.71. The minimum absolute atomic E-state index is 0. The molecule has 2 saturated heterocycles. The predicted octanol–water partition coefficient (Wildman–Crippen LogP) is 3.76. The van der Waals surface area contributed by atoms with Gasteiger partial charge in [-0.25, -0.2) is 9.59 Å². The van der Waals surface area contributed by atoms with E-state index < -0.39 is 17.1 Å². The first-order valence-corrected chi connectivity index (χ1v) is 16.9. The number of hydrogen-bond donors (Lipinski definition) is 1. The second kappa shape index (κ2) is 13.1. The number of aliphatic imine (C=N–C) groups is 1. The van der Waals surface area contributed by atoms with Crippen molar-refractivity contribution in [3.8, 4) is 0 Å². The van der Waals surface area contributed by atoms with Crippen molar-refractivity contribution >= 4 is 35.9 Å². The molecule has 3 heterocycles. The molecule has 4 aliphatic carbocycles. The minimum Gasteiger partial charge on any atom is -0.412 e. The summed E-state index contributed by atoms with van der Waals surface area (Å²) in [5.74, 6) is 2.07. The largest absolute Gasteiger partial charge is 0.412 e. The molecule has 0 aromatic carbocycles. The van der Waals surface area contributed by atoms with E-state index in [2.05, 4.69) is 10.3 Å². The monoisotopic (exact) mass is 641 g/mol. The first-order chi connectivity index (χ1) is 21.4. The van der Waals surface area contributed by atoms with Crippen LogP contribution >= 0.6 is 0 Å². The van der Waals surface area contributed by atoms with Crippen LogP contribution in [-0.2, 0) is 14.4 Å². The summed E-state index contributed by atoms with van der Waals surface area (Å²) in [6.07, 6.45) is 14.3. The molecule has 7 rings (SSSR count). The van der Waals surface area contributed by atoms with Gasteiger partial charge in [-0.1, -0.05) is 33.1 Å². The molecule has 6 fully saturated rings. The van der Waals surface area contributed by atoms with E-state index in [1.807, 2.05) is 34.7 Å². The number of Topliss-reactive ketones (excluding diaryl/α,β-unsaturated/α-hetero) is 1. The van der Waals surface area contributed by atoms with Crippen LogP contribution in [0.2, 0.25) is 0 Å². The van der Waals surface area contributed by atoms with Gasteiger partial charge >= 0.3 is 12.1 Å². The van der Waals surface area contributed by atoms with Crippen molar-refractivity contribution in [1.82, 2.24) is 24.9 Å². The molecule has 12 heteroatoms. The number of urea groups is 2. The minimum atomic E-state index is -0.848. The van der Waals surface area contributed by atoms with Gasteiger partial charge in [0, 0.05) is 39.0 Å². The molecule has 12 nitrogen and oxygen atoms in total. The van der Waals surface area contributed by atoms with E-state index in [4.69, 9.17) is 0 Å². The molecule has 7 aliphatic rings. The first-order valence-electron chi connectivity index (χ1n) is 16.9. The highest BCUT2D eigenvalue weighted by molar-refractivity contribution is 6.17. The van der Waals surface area contributed by atoms with E-state index in [0.29, 0.717) is 5.57 Å². The fraction of sp³-hybridized carbons (Fsp3) is 0.735. The maximum absolute atomic E-state index is 13.0. The summed E-state index contributed by atoms with van der Waals surface area (Å²) in [5.41, 5.74) is -1.05. The van der Waals surface area contributed by atoms with Crippen LogP contribution in [0.4, 0.5) is 9.59 Å². The number of hydrogen-bond acceptors (Lipinski definition) is 7. The van der Waals surface area contributed by atoms with Gasteiger partial charge in [-0.3, -0.25) is 29.2 Å². The second-order valence-electron chi connectivity index (χ2n) is 14.2. The second-order valence-corrected chi connectivity index (χ2v) is 14.2. The Morgan fingerprint density at radius 3 is 1.98 bits per heavy atom. The van der Waals surface area contributed by atoms with Crippen LogP contribution in [-0.4, -0.2) is 99.7 Å². The van der Waals surface area contributed by atoms with Crippen molar-refractivity contribution in [3.63, 3.8) is 0 Å². The zero-order chi connectivity index (χ0) is 32.9. The predicted molar refractivity (Wildman–Crippen MR) is 174 cm³/mol. The van der Waals surface area contributed by atoms with E-state index in [0.717, 1.165) is 67.6 Å². The Labute approximate surface area is 273 Å². The van der Waals surface area contributed by atoms with Crippen LogP contribution in [0.1, 0.15) is 91.9 Å². The molecular formula is C34H53N6O6. The van der Waals surface area contributed by atoms with Gasteiger partial charge in [-0.15, -0.1) is 0 Å². The summed E-state index contributed by atoms with van der Waals surface area (Å²) in [4.78, 5) is 72.4. The van der Waals surface area contributed by atoms with Crippen molar-refractivity contribution in [2.24, 2.45) is 34.1 Å². The topological polar surface area (TPSA) is 154 Å². The Morgan fingerprint density at radius 2 is 1.48 bits per heavy atom. The molecule has 0 spiro atoms. The van der Waals surface area contributed by atoms with Gasteiger partial charge in [0.15, 0.2) is 12.5 Å². The summed E-state index contributed by atoms with van der Waals surface area (Å²) < 4.78 is 0. The molecule has 0 aromatic rings. The van der Waals surface area contributed by atoms with Gasteiger partial charge in [-0.05, 0) is 82.5 Å². The highest BCUT2D eigenvalue weighted by atomic mass is 16.2. The molecule has 3 N–H and O–H groups in total. The Hall–Kier alpha value is -3.28. The fourth-order valence-electron chi connectivity index (χ4n) is 9.79. The van der Waals surface area contributed by atoms with Crippen molar-refractivity contribution < 1.29 is 29.4 Å². The number of ketones is 1. The van der Waals surface area contributed by atoms with Crippen LogP contribution in [0.25, 0.3) is 0 Å². The summed E-state index contributed by atoms with van der Waals surface area (Å²) in [6.45, 7) is 9.07. The van der Waals surface area contributed by atoms with Gasteiger partial charge < -0.3 is 20.6 Å². The van der Waals surface area contributed by atoms with E-state index in [1.54, 1.807) is 19.0 Å². The number of rotatable bonds is 5. The number of fused-ring (bicyclic) bond motifs is 1. The number of amides is 6. The zero-order valence-electron chi connectivity index (χ0n) is 28.6. The third-order valence-corrected chi connectivity index (χ3v) is 12.6. The fourth-order valence-corrected chi connectivity index (χ4v) is 9.79. The molecule has 6 atom stereocenters. The summed E-state index contributed by atoms with van der Waals surface area (Å²) >= 11 is 0. The number of imide groups is 2.